The molecule has 0 aromatic carbocycles. The molecule has 0 aromatic rings. The van der Waals surface area contributed by atoms with Crippen LogP contribution in [0.2, 0.25) is 0 Å². The molecule has 5 N–H and O–H groups in total. The van der Waals surface area contributed by atoms with E-state index in [4.69, 9.17) is 11.5 Å². The van der Waals surface area contributed by atoms with Crippen molar-refractivity contribution in [2.24, 2.45) is 46.0 Å². The summed E-state index contributed by atoms with van der Waals surface area (Å²) in [5.41, 5.74) is 12.9. The highest BCUT2D eigenvalue weighted by atomic mass is 16.3. The summed E-state index contributed by atoms with van der Waals surface area (Å²) in [6.45, 7) is 3.94. The van der Waals surface area contributed by atoms with Crippen molar-refractivity contribution < 1.29 is 14.7 Å². The first kappa shape index (κ1) is 18.3. The van der Waals surface area contributed by atoms with Gasteiger partial charge in [0.2, 0.25) is 0 Å². The van der Waals surface area contributed by atoms with Gasteiger partial charge in [0, 0.05) is 42.2 Å². The van der Waals surface area contributed by atoms with Gasteiger partial charge in [0.25, 0.3) is 0 Å². The van der Waals surface area contributed by atoms with Crippen LogP contribution in [0.3, 0.4) is 0 Å². The van der Waals surface area contributed by atoms with Gasteiger partial charge in [-0.1, -0.05) is 18.6 Å². The fraction of sp³-hybridized carbons (Fsp3) is 0.810. The first-order chi connectivity index (χ1) is 12.2. The topological polar surface area (TPSA) is 106 Å². The third-order valence-electron chi connectivity index (χ3n) is 8.31. The minimum Gasteiger partial charge on any atom is -0.396 e. The molecule has 0 amide bonds. The van der Waals surface area contributed by atoms with Gasteiger partial charge in [-0.3, -0.25) is 9.59 Å². The summed E-state index contributed by atoms with van der Waals surface area (Å²) < 4.78 is 0. The van der Waals surface area contributed by atoms with Crippen molar-refractivity contribution in [1.29, 1.82) is 0 Å². The van der Waals surface area contributed by atoms with Crippen LogP contribution in [0.1, 0.15) is 52.4 Å². The third kappa shape index (κ3) is 2.26. The van der Waals surface area contributed by atoms with Crippen LogP contribution in [0.15, 0.2) is 11.6 Å². The number of fused-ring (bicyclic) bond motifs is 5. The number of hydrogen-bond donors (Lipinski definition) is 3. The molecule has 4 aliphatic rings. The van der Waals surface area contributed by atoms with Crippen molar-refractivity contribution in [3.8, 4) is 0 Å². The summed E-state index contributed by atoms with van der Waals surface area (Å²) in [6, 6.07) is -0.140. The lowest BCUT2D eigenvalue weighted by atomic mass is 9.46. The molecule has 0 aliphatic heterocycles. The maximum absolute atomic E-state index is 13.4. The number of rotatable bonds is 2. The Morgan fingerprint density at radius 1 is 1.31 bits per heavy atom. The van der Waals surface area contributed by atoms with E-state index in [1.807, 2.05) is 6.92 Å². The molecule has 5 heteroatoms. The summed E-state index contributed by atoms with van der Waals surface area (Å²) in [5.74, 6) is 0.116. The summed E-state index contributed by atoms with van der Waals surface area (Å²) in [6.07, 6.45) is 6.63. The quantitative estimate of drug-likeness (QED) is 0.648. The lowest BCUT2D eigenvalue weighted by Gasteiger charge is -2.57. The number of carbonyl (C=O) groups is 2. The molecule has 0 spiro atoms. The molecule has 0 saturated heterocycles. The molecule has 0 aromatic heterocycles. The first-order valence-electron chi connectivity index (χ1n) is 10.1. The van der Waals surface area contributed by atoms with Gasteiger partial charge in [0.1, 0.15) is 11.6 Å². The number of Topliss-reactive ketones (excluding diaryl/α,β-unsaturated/α-hetero) is 2. The maximum Gasteiger partial charge on any atom is 0.138 e. The number of nitrogens with two attached hydrogens (primary N) is 2. The van der Waals surface area contributed by atoms with E-state index < -0.39 is 11.3 Å². The van der Waals surface area contributed by atoms with Gasteiger partial charge in [0.15, 0.2) is 0 Å². The van der Waals surface area contributed by atoms with Crippen LogP contribution in [-0.4, -0.2) is 35.4 Å². The number of allylic oxidation sites excluding steroid dienone is 1. The Labute approximate surface area is 155 Å². The van der Waals surface area contributed by atoms with Gasteiger partial charge in [-0.15, -0.1) is 0 Å². The third-order valence-corrected chi connectivity index (χ3v) is 8.31. The summed E-state index contributed by atoms with van der Waals surface area (Å²) in [7, 11) is 0. The van der Waals surface area contributed by atoms with Gasteiger partial charge in [-0.25, -0.2) is 0 Å². The fourth-order valence-electron chi connectivity index (χ4n) is 7.25. The molecular weight excluding hydrogens is 328 g/mol. The zero-order valence-corrected chi connectivity index (χ0v) is 15.9. The fourth-order valence-corrected chi connectivity index (χ4v) is 7.25. The van der Waals surface area contributed by atoms with Crippen molar-refractivity contribution in [2.45, 2.75) is 64.5 Å². The van der Waals surface area contributed by atoms with Crippen molar-refractivity contribution in [2.75, 3.05) is 6.61 Å². The highest BCUT2D eigenvalue weighted by molar-refractivity contribution is 5.91. The maximum atomic E-state index is 13.4. The molecule has 0 heterocycles. The molecule has 4 aliphatic carbocycles. The first-order valence-corrected chi connectivity index (χ1v) is 10.1. The molecule has 3 fully saturated rings. The van der Waals surface area contributed by atoms with Crippen molar-refractivity contribution in [1.82, 2.24) is 0 Å². The number of carbonyl (C=O) groups excluding carboxylic acids is 2. The number of hydrogen-bond acceptors (Lipinski definition) is 5. The van der Waals surface area contributed by atoms with E-state index in [1.54, 1.807) is 0 Å². The molecule has 3 saturated carbocycles. The Kier molecular flexibility index (Phi) is 4.22. The van der Waals surface area contributed by atoms with E-state index in [9.17, 15) is 14.7 Å². The number of ketones is 2. The van der Waals surface area contributed by atoms with Crippen LogP contribution in [0.4, 0.5) is 0 Å². The average molecular weight is 360 g/mol. The smallest absolute Gasteiger partial charge is 0.138 e. The minimum absolute atomic E-state index is 0.0423. The van der Waals surface area contributed by atoms with Crippen LogP contribution in [0, 0.1) is 34.5 Å². The summed E-state index contributed by atoms with van der Waals surface area (Å²) in [4.78, 5) is 26.2. The van der Waals surface area contributed by atoms with Crippen LogP contribution < -0.4 is 11.5 Å². The van der Waals surface area contributed by atoms with Gasteiger partial charge in [-0.05, 0) is 49.9 Å². The molecular formula is C21H32N2O3. The summed E-state index contributed by atoms with van der Waals surface area (Å²) >= 11 is 0. The molecule has 144 valence electrons. The highest BCUT2D eigenvalue weighted by Crippen LogP contribution is 2.64. The lowest BCUT2D eigenvalue weighted by molar-refractivity contribution is -0.149. The largest absolute Gasteiger partial charge is 0.396 e. The van der Waals surface area contributed by atoms with E-state index in [2.05, 4.69) is 13.0 Å². The van der Waals surface area contributed by atoms with Crippen LogP contribution in [-0.2, 0) is 9.59 Å². The van der Waals surface area contributed by atoms with E-state index in [0.29, 0.717) is 12.8 Å². The van der Waals surface area contributed by atoms with E-state index in [-0.39, 0.29) is 53.4 Å². The van der Waals surface area contributed by atoms with Crippen molar-refractivity contribution >= 4 is 11.6 Å². The molecule has 4 rings (SSSR count). The normalized spacial score (nSPS) is 49.1. The monoisotopic (exact) mass is 360 g/mol. The van der Waals surface area contributed by atoms with Gasteiger partial charge >= 0.3 is 0 Å². The van der Waals surface area contributed by atoms with Crippen molar-refractivity contribution in [3.63, 3.8) is 0 Å². The predicted octanol–water partition coefficient (Wildman–Crippen LogP) is 1.57. The Hall–Kier alpha value is -1.04. The number of aliphatic hydroxyl groups is 1. The van der Waals surface area contributed by atoms with E-state index >= 15 is 0 Å². The Bertz CT molecular complexity index is 672. The zero-order valence-electron chi connectivity index (χ0n) is 15.9. The van der Waals surface area contributed by atoms with Crippen LogP contribution in [0.5, 0.6) is 0 Å². The number of aliphatic hydroxyl groups excluding tert-OH is 1. The molecule has 0 unspecified atom stereocenters. The van der Waals surface area contributed by atoms with E-state index in [1.165, 1.54) is 5.57 Å². The Balaban J connectivity index is 1.77. The second-order valence-electron chi connectivity index (χ2n) is 9.68. The average Bonchev–Trinajstić information content (AvgIpc) is 2.87. The lowest BCUT2D eigenvalue weighted by Crippen LogP contribution is -2.58. The minimum atomic E-state index is -0.656. The van der Waals surface area contributed by atoms with Gasteiger partial charge in [0.05, 0.1) is 6.61 Å². The standard InChI is InChI=1S/C21H32N2O3/c1-11(22)18-16(25)8-15-14-4-3-12-7-13(23)5-6-20(12,2)19(14)17(26)9-21(15,18)10-24/h3,11,13-15,18-19,24H,4-10,22-23H2,1-2H3/t11-,13-,14+,15-,18-,19-,20-,21+/m0/s1. The Morgan fingerprint density at radius 3 is 2.69 bits per heavy atom. The molecule has 26 heavy (non-hydrogen) atoms. The molecule has 0 bridgehead atoms. The summed E-state index contributed by atoms with van der Waals surface area (Å²) in [5, 5.41) is 10.3. The zero-order chi connectivity index (χ0) is 18.9. The van der Waals surface area contributed by atoms with Gasteiger partial charge in [-0.2, -0.15) is 0 Å². The van der Waals surface area contributed by atoms with Gasteiger partial charge < -0.3 is 16.6 Å². The van der Waals surface area contributed by atoms with Crippen LogP contribution >= 0.6 is 0 Å². The highest BCUT2D eigenvalue weighted by Gasteiger charge is 2.65. The SMILES string of the molecule is C[C@H](N)[C@H]1C(=O)C[C@H]2[C@H]3CC=C4C[C@@H](N)CC[C@]4(C)[C@@H]3C(=O)C[C@]12CO. The van der Waals surface area contributed by atoms with E-state index in [0.717, 1.165) is 25.7 Å². The second-order valence-corrected chi connectivity index (χ2v) is 9.68. The molecule has 0 radical (unpaired) electrons. The second kappa shape index (κ2) is 5.98. The molecule has 8 atom stereocenters. The molecule has 5 nitrogen and oxygen atoms in total. The predicted molar refractivity (Wildman–Crippen MR) is 99.0 cm³/mol. The van der Waals surface area contributed by atoms with Crippen molar-refractivity contribution in [3.05, 3.63) is 11.6 Å². The van der Waals surface area contributed by atoms with Crippen LogP contribution in [0.25, 0.3) is 0 Å². The Morgan fingerprint density at radius 2 is 2.04 bits per heavy atom.